The molecule has 0 saturated carbocycles. The van der Waals surface area contributed by atoms with Crippen molar-refractivity contribution in [3.8, 4) is 11.5 Å². The highest BCUT2D eigenvalue weighted by Gasteiger charge is 2.23. The SMILES string of the molecule is CCOc1ccccc1OCC(=O)N[C@@H](C)C(=O)N1CCOCC1. The zero-order valence-electron chi connectivity index (χ0n) is 14.1. The van der Waals surface area contributed by atoms with E-state index in [0.717, 1.165) is 0 Å². The number of hydrogen-bond donors (Lipinski definition) is 1. The average Bonchev–Trinajstić information content (AvgIpc) is 2.61. The van der Waals surface area contributed by atoms with Gasteiger partial charge < -0.3 is 24.4 Å². The van der Waals surface area contributed by atoms with Crippen LogP contribution in [0.2, 0.25) is 0 Å². The molecule has 24 heavy (non-hydrogen) atoms. The van der Waals surface area contributed by atoms with E-state index in [4.69, 9.17) is 14.2 Å². The molecule has 1 saturated heterocycles. The van der Waals surface area contributed by atoms with E-state index in [1.807, 2.05) is 13.0 Å². The van der Waals surface area contributed by atoms with Gasteiger partial charge in [0.05, 0.1) is 19.8 Å². The van der Waals surface area contributed by atoms with Crippen molar-refractivity contribution in [2.24, 2.45) is 0 Å². The Labute approximate surface area is 141 Å². The molecule has 1 fully saturated rings. The van der Waals surface area contributed by atoms with Gasteiger partial charge in [0.2, 0.25) is 5.91 Å². The Hall–Kier alpha value is -2.28. The first-order valence-corrected chi connectivity index (χ1v) is 8.12. The number of hydrogen-bond acceptors (Lipinski definition) is 5. The van der Waals surface area contributed by atoms with Gasteiger partial charge in [-0.1, -0.05) is 12.1 Å². The molecule has 2 rings (SSSR count). The Morgan fingerprint density at radius 1 is 1.21 bits per heavy atom. The smallest absolute Gasteiger partial charge is 0.258 e. The van der Waals surface area contributed by atoms with Gasteiger partial charge in [0.1, 0.15) is 6.04 Å². The van der Waals surface area contributed by atoms with Crippen LogP contribution in [-0.4, -0.2) is 62.3 Å². The van der Waals surface area contributed by atoms with Crippen molar-refractivity contribution in [1.29, 1.82) is 0 Å². The first-order valence-electron chi connectivity index (χ1n) is 8.12. The second kappa shape index (κ2) is 9.12. The van der Waals surface area contributed by atoms with Gasteiger partial charge in [0.25, 0.3) is 5.91 Å². The van der Waals surface area contributed by atoms with Crippen LogP contribution in [0.3, 0.4) is 0 Å². The van der Waals surface area contributed by atoms with E-state index in [9.17, 15) is 9.59 Å². The topological polar surface area (TPSA) is 77.1 Å². The second-order valence-corrected chi connectivity index (χ2v) is 5.40. The van der Waals surface area contributed by atoms with E-state index in [-0.39, 0.29) is 18.4 Å². The van der Waals surface area contributed by atoms with Gasteiger partial charge in [-0.3, -0.25) is 9.59 Å². The van der Waals surface area contributed by atoms with Crippen molar-refractivity contribution in [3.63, 3.8) is 0 Å². The second-order valence-electron chi connectivity index (χ2n) is 5.40. The molecule has 1 N–H and O–H groups in total. The summed E-state index contributed by atoms with van der Waals surface area (Å²) in [4.78, 5) is 25.9. The number of carbonyl (C=O) groups excluding carboxylic acids is 2. The lowest BCUT2D eigenvalue weighted by Gasteiger charge is -2.29. The highest BCUT2D eigenvalue weighted by atomic mass is 16.5. The van der Waals surface area contributed by atoms with E-state index in [1.54, 1.807) is 30.0 Å². The zero-order chi connectivity index (χ0) is 17.4. The summed E-state index contributed by atoms with van der Waals surface area (Å²) in [5.41, 5.74) is 0. The van der Waals surface area contributed by atoms with Crippen molar-refractivity contribution in [3.05, 3.63) is 24.3 Å². The first-order chi connectivity index (χ1) is 11.6. The van der Waals surface area contributed by atoms with Gasteiger partial charge in [0, 0.05) is 13.1 Å². The highest BCUT2D eigenvalue weighted by molar-refractivity contribution is 5.87. The molecule has 0 radical (unpaired) electrons. The molecule has 0 unspecified atom stereocenters. The Bertz CT molecular complexity index is 558. The molecular formula is C17H24N2O5. The number of morpholine rings is 1. The minimum atomic E-state index is -0.596. The molecule has 7 nitrogen and oxygen atoms in total. The third kappa shape index (κ3) is 5.13. The monoisotopic (exact) mass is 336 g/mol. The summed E-state index contributed by atoms with van der Waals surface area (Å²) in [6, 6.07) is 6.56. The lowest BCUT2D eigenvalue weighted by molar-refractivity contribution is -0.139. The van der Waals surface area contributed by atoms with Crippen molar-refractivity contribution in [1.82, 2.24) is 10.2 Å². The first kappa shape index (κ1) is 18.1. The maximum absolute atomic E-state index is 12.2. The number of carbonyl (C=O) groups is 2. The van der Waals surface area contributed by atoms with E-state index in [2.05, 4.69) is 5.32 Å². The zero-order valence-corrected chi connectivity index (χ0v) is 14.1. The summed E-state index contributed by atoms with van der Waals surface area (Å²) in [6.45, 7) is 6.05. The number of nitrogens with zero attached hydrogens (tertiary/aromatic N) is 1. The Kier molecular flexibility index (Phi) is 6.87. The minimum absolute atomic E-state index is 0.110. The van der Waals surface area contributed by atoms with Crippen LogP contribution in [0.5, 0.6) is 11.5 Å². The molecule has 1 aromatic rings. The van der Waals surface area contributed by atoms with E-state index < -0.39 is 6.04 Å². The van der Waals surface area contributed by atoms with E-state index in [1.165, 1.54) is 0 Å². The van der Waals surface area contributed by atoms with E-state index in [0.29, 0.717) is 44.4 Å². The number of rotatable bonds is 7. The molecule has 1 aromatic carbocycles. The van der Waals surface area contributed by atoms with Crippen LogP contribution in [0.15, 0.2) is 24.3 Å². The van der Waals surface area contributed by atoms with Gasteiger partial charge in [-0.05, 0) is 26.0 Å². The van der Waals surface area contributed by atoms with Gasteiger partial charge in [0.15, 0.2) is 18.1 Å². The number of amides is 2. The lowest BCUT2D eigenvalue weighted by Crippen LogP contribution is -2.51. The minimum Gasteiger partial charge on any atom is -0.490 e. The Balaban J connectivity index is 1.81. The summed E-state index contributed by atoms with van der Waals surface area (Å²) in [7, 11) is 0. The molecule has 0 aliphatic carbocycles. The van der Waals surface area contributed by atoms with Crippen LogP contribution in [0, 0.1) is 0 Å². The maximum Gasteiger partial charge on any atom is 0.258 e. The molecule has 1 aliphatic heterocycles. The standard InChI is InChI=1S/C17H24N2O5/c1-3-23-14-6-4-5-7-15(14)24-12-16(20)18-13(2)17(21)19-8-10-22-11-9-19/h4-7,13H,3,8-12H2,1-2H3,(H,18,20)/t13-/m0/s1. The summed E-state index contributed by atoms with van der Waals surface area (Å²) in [5.74, 6) is 0.628. The summed E-state index contributed by atoms with van der Waals surface area (Å²) in [5, 5.41) is 2.66. The number of ether oxygens (including phenoxy) is 3. The van der Waals surface area contributed by atoms with Crippen molar-refractivity contribution < 1.29 is 23.8 Å². The van der Waals surface area contributed by atoms with Crippen molar-refractivity contribution >= 4 is 11.8 Å². The summed E-state index contributed by atoms with van der Waals surface area (Å²) < 4.78 is 16.2. The van der Waals surface area contributed by atoms with Gasteiger partial charge in [-0.25, -0.2) is 0 Å². The van der Waals surface area contributed by atoms with Crippen LogP contribution in [0.25, 0.3) is 0 Å². The maximum atomic E-state index is 12.2. The predicted octanol–water partition coefficient (Wildman–Crippen LogP) is 0.828. The highest BCUT2D eigenvalue weighted by Crippen LogP contribution is 2.26. The van der Waals surface area contributed by atoms with Crippen LogP contribution in [-0.2, 0) is 14.3 Å². The molecule has 7 heteroatoms. The van der Waals surface area contributed by atoms with Crippen molar-refractivity contribution in [2.45, 2.75) is 19.9 Å². The molecular weight excluding hydrogens is 312 g/mol. The van der Waals surface area contributed by atoms with Gasteiger partial charge >= 0.3 is 0 Å². The lowest BCUT2D eigenvalue weighted by atomic mass is 10.2. The fraction of sp³-hybridized carbons (Fsp3) is 0.529. The van der Waals surface area contributed by atoms with Crippen molar-refractivity contribution in [2.75, 3.05) is 39.5 Å². The number of nitrogens with one attached hydrogen (secondary N) is 1. The van der Waals surface area contributed by atoms with Gasteiger partial charge in [-0.2, -0.15) is 0 Å². The third-order valence-corrected chi connectivity index (χ3v) is 3.58. The molecule has 2 amide bonds. The fourth-order valence-corrected chi connectivity index (χ4v) is 2.39. The van der Waals surface area contributed by atoms with Crippen LogP contribution in [0.4, 0.5) is 0 Å². The molecule has 1 atom stereocenters. The number of para-hydroxylation sites is 2. The van der Waals surface area contributed by atoms with Crippen LogP contribution >= 0.6 is 0 Å². The molecule has 132 valence electrons. The number of benzene rings is 1. The third-order valence-electron chi connectivity index (χ3n) is 3.58. The van der Waals surface area contributed by atoms with E-state index >= 15 is 0 Å². The van der Waals surface area contributed by atoms with Crippen LogP contribution < -0.4 is 14.8 Å². The van der Waals surface area contributed by atoms with Crippen LogP contribution in [0.1, 0.15) is 13.8 Å². The molecule has 0 spiro atoms. The quantitative estimate of drug-likeness (QED) is 0.798. The molecule has 1 heterocycles. The fourth-order valence-electron chi connectivity index (χ4n) is 2.39. The predicted molar refractivity (Wildman–Crippen MR) is 88.1 cm³/mol. The van der Waals surface area contributed by atoms with Gasteiger partial charge in [-0.15, -0.1) is 0 Å². The molecule has 0 bridgehead atoms. The molecule has 1 aliphatic rings. The molecule has 0 aromatic heterocycles. The summed E-state index contributed by atoms with van der Waals surface area (Å²) in [6.07, 6.45) is 0. The Morgan fingerprint density at radius 2 is 1.83 bits per heavy atom. The average molecular weight is 336 g/mol. The largest absolute Gasteiger partial charge is 0.490 e. The normalized spacial score (nSPS) is 15.5. The summed E-state index contributed by atoms with van der Waals surface area (Å²) >= 11 is 0. The Morgan fingerprint density at radius 3 is 2.46 bits per heavy atom.